The first-order chi connectivity index (χ1) is 11.9. The summed E-state index contributed by atoms with van der Waals surface area (Å²) in [5, 5.41) is 10.3. The molecule has 0 saturated carbocycles. The van der Waals surface area contributed by atoms with Gasteiger partial charge in [0.1, 0.15) is 0 Å². The molecule has 1 aromatic carbocycles. The zero-order valence-electron chi connectivity index (χ0n) is 14.4. The van der Waals surface area contributed by atoms with Crippen LogP contribution in [-0.4, -0.2) is 51.8 Å². The molecule has 3 unspecified atom stereocenters. The molecular formula is C18H23N3O3S. The molecule has 0 aliphatic carbocycles. The number of imidazole rings is 1. The molecule has 7 heteroatoms. The Hall–Kier alpha value is -1.70. The smallest absolute Gasteiger partial charge is 0.216 e. The number of piperidine rings is 1. The molecule has 0 spiro atoms. The molecule has 3 heterocycles. The largest absolute Gasteiger partial charge is 0.391 e. The first-order valence-corrected chi connectivity index (χ1v) is 10.2. The van der Waals surface area contributed by atoms with Crippen molar-refractivity contribution in [2.24, 2.45) is 5.92 Å². The Labute approximate surface area is 148 Å². The topological polar surface area (TPSA) is 75.4 Å². The first kappa shape index (κ1) is 16.8. The summed E-state index contributed by atoms with van der Waals surface area (Å²) in [7, 11) is -3.34. The van der Waals surface area contributed by atoms with Crippen molar-refractivity contribution >= 4 is 10.0 Å². The number of nitrogens with zero attached hydrogens (tertiary/aromatic N) is 3. The zero-order chi connectivity index (χ0) is 17.8. The van der Waals surface area contributed by atoms with Gasteiger partial charge in [-0.25, -0.2) is 13.4 Å². The van der Waals surface area contributed by atoms with Crippen molar-refractivity contribution in [3.63, 3.8) is 0 Å². The van der Waals surface area contributed by atoms with Gasteiger partial charge in [0.05, 0.1) is 35.6 Å². The number of aliphatic hydroxyl groups is 1. The van der Waals surface area contributed by atoms with Crippen molar-refractivity contribution in [2.45, 2.75) is 37.7 Å². The highest BCUT2D eigenvalue weighted by atomic mass is 32.2. The normalized spacial score (nSPS) is 26.6. The molecule has 1 N–H and O–H groups in total. The lowest BCUT2D eigenvalue weighted by molar-refractivity contribution is 0.0341. The Morgan fingerprint density at radius 1 is 1.28 bits per heavy atom. The summed E-state index contributed by atoms with van der Waals surface area (Å²) in [4.78, 5) is 4.27. The average Bonchev–Trinajstić information content (AvgIpc) is 3.16. The summed E-state index contributed by atoms with van der Waals surface area (Å²) in [5.41, 5.74) is 3.39. The van der Waals surface area contributed by atoms with Gasteiger partial charge in [0, 0.05) is 24.6 Å². The van der Waals surface area contributed by atoms with Crippen LogP contribution >= 0.6 is 0 Å². The molecule has 2 aliphatic rings. The van der Waals surface area contributed by atoms with E-state index in [-0.39, 0.29) is 18.5 Å². The van der Waals surface area contributed by atoms with Gasteiger partial charge in [-0.1, -0.05) is 24.3 Å². The van der Waals surface area contributed by atoms with Gasteiger partial charge in [-0.2, -0.15) is 4.31 Å². The van der Waals surface area contributed by atoms with Crippen LogP contribution < -0.4 is 0 Å². The molecule has 1 saturated heterocycles. The van der Waals surface area contributed by atoms with Crippen molar-refractivity contribution in [1.29, 1.82) is 0 Å². The van der Waals surface area contributed by atoms with Crippen LogP contribution in [0.15, 0.2) is 36.8 Å². The van der Waals surface area contributed by atoms with Crippen LogP contribution in [0, 0.1) is 5.92 Å². The van der Waals surface area contributed by atoms with E-state index in [9.17, 15) is 13.5 Å². The van der Waals surface area contributed by atoms with Crippen molar-refractivity contribution in [3.05, 3.63) is 42.4 Å². The molecule has 25 heavy (non-hydrogen) atoms. The number of hydrogen-bond acceptors (Lipinski definition) is 4. The number of aliphatic hydroxyl groups excluding tert-OH is 1. The maximum Gasteiger partial charge on any atom is 0.216 e. The van der Waals surface area contributed by atoms with Crippen molar-refractivity contribution in [2.75, 3.05) is 13.1 Å². The minimum absolute atomic E-state index is 0.00704. The van der Waals surface area contributed by atoms with Gasteiger partial charge in [-0.05, 0) is 25.8 Å². The van der Waals surface area contributed by atoms with Crippen LogP contribution in [0.4, 0.5) is 0 Å². The monoisotopic (exact) mass is 361 g/mol. The molecule has 2 aliphatic heterocycles. The SMILES string of the molecule is CC(C)S(=O)(=O)N1CCC(C2c3ccccc3-c3cncn32)C(O)C1. The molecule has 4 rings (SSSR count). The standard InChI is InChI=1S/C18H23N3O3S/c1-12(2)25(23,24)20-8-7-15(17(22)10-20)18-14-6-4-3-5-13(14)16-9-19-11-21(16)18/h3-6,9,11-12,15,17-18,22H,7-8,10H2,1-2H3. The van der Waals surface area contributed by atoms with E-state index in [2.05, 4.69) is 21.7 Å². The summed E-state index contributed by atoms with van der Waals surface area (Å²) in [6, 6.07) is 8.20. The Balaban J connectivity index is 1.65. The molecule has 134 valence electrons. The fraction of sp³-hybridized carbons (Fsp3) is 0.500. The van der Waals surface area contributed by atoms with E-state index < -0.39 is 21.4 Å². The number of hydrogen-bond donors (Lipinski definition) is 1. The molecule has 1 fully saturated rings. The lowest BCUT2D eigenvalue weighted by Crippen LogP contribution is -2.50. The summed E-state index contributed by atoms with van der Waals surface area (Å²) in [6.45, 7) is 3.97. The Morgan fingerprint density at radius 3 is 2.76 bits per heavy atom. The highest BCUT2D eigenvalue weighted by Crippen LogP contribution is 2.45. The highest BCUT2D eigenvalue weighted by molar-refractivity contribution is 7.89. The van der Waals surface area contributed by atoms with Crippen molar-refractivity contribution in [1.82, 2.24) is 13.9 Å². The van der Waals surface area contributed by atoms with Gasteiger partial charge in [-0.3, -0.25) is 0 Å². The number of β-amino-alcohol motifs (C(OH)–C–C–N with tert-alkyl or cyclic N) is 1. The molecule has 6 nitrogen and oxygen atoms in total. The second-order valence-electron chi connectivity index (χ2n) is 7.19. The molecule has 1 aromatic heterocycles. The van der Waals surface area contributed by atoms with E-state index >= 15 is 0 Å². The van der Waals surface area contributed by atoms with Crippen molar-refractivity contribution in [3.8, 4) is 11.3 Å². The third kappa shape index (κ3) is 2.53. The van der Waals surface area contributed by atoms with Gasteiger partial charge in [0.25, 0.3) is 0 Å². The number of aromatic nitrogens is 2. The van der Waals surface area contributed by atoms with E-state index in [4.69, 9.17) is 0 Å². The van der Waals surface area contributed by atoms with E-state index in [1.54, 1.807) is 13.8 Å². The quantitative estimate of drug-likeness (QED) is 0.906. The Morgan fingerprint density at radius 2 is 2.04 bits per heavy atom. The Kier molecular flexibility index (Phi) is 3.97. The van der Waals surface area contributed by atoms with Crippen LogP contribution in [0.2, 0.25) is 0 Å². The van der Waals surface area contributed by atoms with Gasteiger partial charge < -0.3 is 9.67 Å². The van der Waals surface area contributed by atoms with Gasteiger partial charge >= 0.3 is 0 Å². The fourth-order valence-corrected chi connectivity index (χ4v) is 5.44. The number of fused-ring (bicyclic) bond motifs is 3. The molecule has 0 amide bonds. The maximum absolute atomic E-state index is 12.4. The lowest BCUT2D eigenvalue weighted by atomic mass is 9.84. The van der Waals surface area contributed by atoms with Gasteiger partial charge in [0.15, 0.2) is 0 Å². The average molecular weight is 361 g/mol. The highest BCUT2D eigenvalue weighted by Gasteiger charge is 2.42. The maximum atomic E-state index is 12.4. The van der Waals surface area contributed by atoms with Crippen LogP contribution in [0.1, 0.15) is 31.9 Å². The third-order valence-electron chi connectivity index (χ3n) is 5.48. The second kappa shape index (κ2) is 5.93. The zero-order valence-corrected chi connectivity index (χ0v) is 15.2. The van der Waals surface area contributed by atoms with Gasteiger partial charge in [-0.15, -0.1) is 0 Å². The molecule has 2 aromatic rings. The second-order valence-corrected chi connectivity index (χ2v) is 9.68. The van der Waals surface area contributed by atoms with E-state index in [0.717, 1.165) is 11.3 Å². The minimum atomic E-state index is -3.34. The first-order valence-electron chi connectivity index (χ1n) is 8.69. The summed E-state index contributed by atoms with van der Waals surface area (Å²) in [6.07, 6.45) is 3.59. The van der Waals surface area contributed by atoms with Crippen LogP contribution in [0.3, 0.4) is 0 Å². The molecule has 0 radical (unpaired) electrons. The summed E-state index contributed by atoms with van der Waals surface area (Å²) in [5.74, 6) is -0.0322. The van der Waals surface area contributed by atoms with Crippen LogP contribution in [0.5, 0.6) is 0 Å². The molecule has 0 bridgehead atoms. The predicted molar refractivity (Wildman–Crippen MR) is 95.5 cm³/mol. The van der Waals surface area contributed by atoms with Gasteiger partial charge in [0.2, 0.25) is 10.0 Å². The number of sulfonamides is 1. The number of rotatable bonds is 3. The summed E-state index contributed by atoms with van der Waals surface area (Å²) >= 11 is 0. The molecule has 3 atom stereocenters. The van der Waals surface area contributed by atoms with Crippen molar-refractivity contribution < 1.29 is 13.5 Å². The third-order valence-corrected chi connectivity index (χ3v) is 7.72. The van der Waals surface area contributed by atoms with Crippen LogP contribution in [0.25, 0.3) is 11.3 Å². The number of benzene rings is 1. The van der Waals surface area contributed by atoms with Crippen LogP contribution in [-0.2, 0) is 10.0 Å². The Bertz CT molecular complexity index is 890. The predicted octanol–water partition coefficient (Wildman–Crippen LogP) is 1.87. The van der Waals surface area contributed by atoms with E-state index in [0.29, 0.717) is 13.0 Å². The fourth-order valence-electron chi connectivity index (χ4n) is 4.13. The molecular weight excluding hydrogens is 338 g/mol. The lowest BCUT2D eigenvalue weighted by Gasteiger charge is -2.39. The summed E-state index contributed by atoms with van der Waals surface area (Å²) < 4.78 is 28.4. The van der Waals surface area contributed by atoms with E-state index in [1.165, 1.54) is 9.87 Å². The minimum Gasteiger partial charge on any atom is -0.391 e. The van der Waals surface area contributed by atoms with E-state index in [1.807, 2.05) is 24.7 Å².